The summed E-state index contributed by atoms with van der Waals surface area (Å²) in [5, 5.41) is 7.91. The number of carbonyl (C=O) groups excluding carboxylic acids is 2. The summed E-state index contributed by atoms with van der Waals surface area (Å²) in [5.74, 6) is -0.823. The quantitative estimate of drug-likeness (QED) is 0.780. The van der Waals surface area contributed by atoms with Crippen LogP contribution in [-0.2, 0) is 9.59 Å². The summed E-state index contributed by atoms with van der Waals surface area (Å²) in [4.78, 5) is 22.9. The van der Waals surface area contributed by atoms with Crippen LogP contribution in [0.5, 0.6) is 0 Å². The van der Waals surface area contributed by atoms with Crippen molar-refractivity contribution in [1.29, 1.82) is 0 Å². The first-order valence-corrected chi connectivity index (χ1v) is 6.82. The van der Waals surface area contributed by atoms with Crippen LogP contribution in [0.4, 0.5) is 5.69 Å². The predicted molar refractivity (Wildman–Crippen MR) is 83.8 cm³/mol. The third-order valence-corrected chi connectivity index (χ3v) is 3.31. The molecular weight excluding hydrogens is 266 g/mol. The molecule has 2 rings (SSSR count). The minimum Gasteiger partial charge on any atom is -0.374 e. The Kier molecular flexibility index (Phi) is 4.42. The smallest absolute Gasteiger partial charge is 0.242 e. The molecule has 5 nitrogen and oxygen atoms in total. The van der Waals surface area contributed by atoms with Gasteiger partial charge in [-0.05, 0) is 36.8 Å². The number of benzene rings is 2. The molecule has 0 saturated heterocycles. The third-order valence-electron chi connectivity index (χ3n) is 3.31. The van der Waals surface area contributed by atoms with Crippen LogP contribution in [0.3, 0.4) is 0 Å². The van der Waals surface area contributed by atoms with E-state index in [1.54, 1.807) is 13.8 Å². The molecule has 2 aromatic carbocycles. The standard InChI is InChI=1S/C16H19N3O2/c1-10(15(17)20)19-16(21)11(2)18-14-8-7-12-5-3-4-6-13(12)9-14/h3-11,18H,1-2H3,(H2,17,20)(H,19,21)/t10-,11-/m0/s1. The Bertz CT molecular complexity index is 669. The summed E-state index contributed by atoms with van der Waals surface area (Å²) in [6.45, 7) is 3.29. The minimum absolute atomic E-state index is 0.269. The molecule has 21 heavy (non-hydrogen) atoms. The topological polar surface area (TPSA) is 84.2 Å². The normalized spacial score (nSPS) is 13.4. The number of nitrogens with two attached hydrogens (primary N) is 1. The lowest BCUT2D eigenvalue weighted by atomic mass is 10.1. The molecule has 0 aliphatic rings. The van der Waals surface area contributed by atoms with Crippen LogP contribution in [-0.4, -0.2) is 23.9 Å². The summed E-state index contributed by atoms with van der Waals surface area (Å²) in [6, 6.07) is 12.7. The zero-order chi connectivity index (χ0) is 15.4. The summed E-state index contributed by atoms with van der Waals surface area (Å²) < 4.78 is 0. The lowest BCUT2D eigenvalue weighted by molar-refractivity contribution is -0.127. The van der Waals surface area contributed by atoms with Crippen molar-refractivity contribution >= 4 is 28.3 Å². The molecule has 2 amide bonds. The fourth-order valence-corrected chi connectivity index (χ4v) is 2.00. The van der Waals surface area contributed by atoms with Gasteiger partial charge in [0.2, 0.25) is 11.8 Å². The predicted octanol–water partition coefficient (Wildman–Crippen LogP) is 1.63. The summed E-state index contributed by atoms with van der Waals surface area (Å²) in [6.07, 6.45) is 0. The molecule has 4 N–H and O–H groups in total. The molecule has 2 atom stereocenters. The van der Waals surface area contributed by atoms with Crippen molar-refractivity contribution in [2.45, 2.75) is 25.9 Å². The van der Waals surface area contributed by atoms with E-state index in [9.17, 15) is 9.59 Å². The van der Waals surface area contributed by atoms with Crippen molar-refractivity contribution in [3.63, 3.8) is 0 Å². The number of hydrogen-bond acceptors (Lipinski definition) is 3. The van der Waals surface area contributed by atoms with Crippen molar-refractivity contribution < 1.29 is 9.59 Å². The van der Waals surface area contributed by atoms with E-state index in [2.05, 4.69) is 10.6 Å². The Balaban J connectivity index is 2.05. The Morgan fingerprint density at radius 1 is 1.00 bits per heavy atom. The monoisotopic (exact) mass is 285 g/mol. The SMILES string of the molecule is C[C@H](NC(=O)[C@H](C)Nc1ccc2ccccc2c1)C(N)=O. The van der Waals surface area contributed by atoms with Gasteiger partial charge in [0, 0.05) is 5.69 Å². The molecule has 0 unspecified atom stereocenters. The molecule has 5 heteroatoms. The van der Waals surface area contributed by atoms with Crippen LogP contribution < -0.4 is 16.4 Å². The fraction of sp³-hybridized carbons (Fsp3) is 0.250. The molecule has 2 aromatic rings. The van der Waals surface area contributed by atoms with E-state index in [0.29, 0.717) is 0 Å². The molecular formula is C16H19N3O2. The van der Waals surface area contributed by atoms with Gasteiger partial charge in [0.1, 0.15) is 12.1 Å². The van der Waals surface area contributed by atoms with Crippen molar-refractivity contribution in [2.24, 2.45) is 5.73 Å². The van der Waals surface area contributed by atoms with E-state index in [-0.39, 0.29) is 5.91 Å². The molecule has 0 spiro atoms. The number of fused-ring (bicyclic) bond motifs is 1. The summed E-state index contributed by atoms with van der Waals surface area (Å²) >= 11 is 0. The van der Waals surface area contributed by atoms with E-state index < -0.39 is 18.0 Å². The second-order valence-corrected chi connectivity index (χ2v) is 5.06. The van der Waals surface area contributed by atoms with Gasteiger partial charge in [-0.1, -0.05) is 30.3 Å². The van der Waals surface area contributed by atoms with Gasteiger partial charge in [-0.2, -0.15) is 0 Å². The van der Waals surface area contributed by atoms with Crippen LogP contribution >= 0.6 is 0 Å². The molecule has 0 heterocycles. The van der Waals surface area contributed by atoms with Crippen molar-refractivity contribution in [3.05, 3.63) is 42.5 Å². The van der Waals surface area contributed by atoms with Crippen LogP contribution in [0, 0.1) is 0 Å². The molecule has 0 radical (unpaired) electrons. The van der Waals surface area contributed by atoms with Crippen LogP contribution in [0.15, 0.2) is 42.5 Å². The highest BCUT2D eigenvalue weighted by atomic mass is 16.2. The average Bonchev–Trinajstić information content (AvgIpc) is 2.46. The third kappa shape index (κ3) is 3.72. The first-order valence-electron chi connectivity index (χ1n) is 6.82. The molecule has 0 bridgehead atoms. The van der Waals surface area contributed by atoms with Crippen molar-refractivity contribution in [3.8, 4) is 0 Å². The summed E-state index contributed by atoms with van der Waals surface area (Å²) in [7, 11) is 0. The van der Waals surface area contributed by atoms with E-state index >= 15 is 0 Å². The van der Waals surface area contributed by atoms with E-state index in [0.717, 1.165) is 16.5 Å². The number of primary amides is 1. The minimum atomic E-state index is -0.682. The zero-order valence-electron chi connectivity index (χ0n) is 12.1. The highest BCUT2D eigenvalue weighted by Crippen LogP contribution is 2.19. The molecule has 0 aliphatic carbocycles. The first-order chi connectivity index (χ1) is 9.97. The van der Waals surface area contributed by atoms with Crippen molar-refractivity contribution in [2.75, 3.05) is 5.32 Å². The number of hydrogen-bond donors (Lipinski definition) is 3. The lowest BCUT2D eigenvalue weighted by Gasteiger charge is -2.17. The number of rotatable bonds is 5. The second kappa shape index (κ2) is 6.26. The first kappa shape index (κ1) is 14.8. The van der Waals surface area contributed by atoms with Gasteiger partial charge in [0.25, 0.3) is 0 Å². The zero-order valence-corrected chi connectivity index (χ0v) is 12.1. The molecule has 110 valence electrons. The number of anilines is 1. The van der Waals surface area contributed by atoms with Gasteiger partial charge in [0.05, 0.1) is 0 Å². The van der Waals surface area contributed by atoms with Crippen molar-refractivity contribution in [1.82, 2.24) is 5.32 Å². The Morgan fingerprint density at radius 2 is 1.67 bits per heavy atom. The van der Waals surface area contributed by atoms with Crippen LogP contribution in [0.25, 0.3) is 10.8 Å². The Hall–Kier alpha value is -2.56. The van der Waals surface area contributed by atoms with Crippen LogP contribution in [0.2, 0.25) is 0 Å². The lowest BCUT2D eigenvalue weighted by Crippen LogP contribution is -2.47. The highest BCUT2D eigenvalue weighted by molar-refractivity contribution is 5.91. The maximum atomic E-state index is 11.9. The fourth-order valence-electron chi connectivity index (χ4n) is 2.00. The molecule has 0 fully saturated rings. The Morgan fingerprint density at radius 3 is 2.33 bits per heavy atom. The summed E-state index contributed by atoms with van der Waals surface area (Å²) in [5.41, 5.74) is 5.98. The van der Waals surface area contributed by atoms with Crippen LogP contribution in [0.1, 0.15) is 13.8 Å². The van der Waals surface area contributed by atoms with Gasteiger partial charge >= 0.3 is 0 Å². The van der Waals surface area contributed by atoms with Gasteiger partial charge in [-0.3, -0.25) is 9.59 Å². The molecule has 0 aliphatic heterocycles. The Labute approximate surface area is 123 Å². The van der Waals surface area contributed by atoms with Gasteiger partial charge in [-0.15, -0.1) is 0 Å². The highest BCUT2D eigenvalue weighted by Gasteiger charge is 2.17. The average molecular weight is 285 g/mol. The van der Waals surface area contributed by atoms with Gasteiger partial charge in [0.15, 0.2) is 0 Å². The maximum absolute atomic E-state index is 11.9. The van der Waals surface area contributed by atoms with Gasteiger partial charge in [-0.25, -0.2) is 0 Å². The number of carbonyl (C=O) groups is 2. The van der Waals surface area contributed by atoms with E-state index in [1.807, 2.05) is 42.5 Å². The number of amides is 2. The maximum Gasteiger partial charge on any atom is 0.242 e. The van der Waals surface area contributed by atoms with Gasteiger partial charge < -0.3 is 16.4 Å². The second-order valence-electron chi connectivity index (χ2n) is 5.06. The van der Waals surface area contributed by atoms with E-state index in [1.165, 1.54) is 0 Å². The largest absolute Gasteiger partial charge is 0.374 e. The number of nitrogens with one attached hydrogen (secondary N) is 2. The molecule has 0 aromatic heterocycles. The molecule has 0 saturated carbocycles. The van der Waals surface area contributed by atoms with E-state index in [4.69, 9.17) is 5.73 Å².